The Morgan fingerprint density at radius 3 is 2.75 bits per heavy atom. The number of morpholine rings is 1. The fourth-order valence-electron chi connectivity index (χ4n) is 2.58. The summed E-state index contributed by atoms with van der Waals surface area (Å²) in [6.45, 7) is 10.9. The third-order valence-corrected chi connectivity index (χ3v) is 4.11. The van der Waals surface area contributed by atoms with Crippen molar-refractivity contribution in [3.8, 4) is 0 Å². The molecule has 0 amide bonds. The summed E-state index contributed by atoms with van der Waals surface area (Å²) in [5, 5.41) is 3.67. The third-order valence-electron chi connectivity index (χ3n) is 4.11. The van der Waals surface area contributed by atoms with Crippen LogP contribution in [-0.4, -0.2) is 48.8 Å². The minimum absolute atomic E-state index is 0.383. The van der Waals surface area contributed by atoms with Crippen LogP contribution in [0.15, 0.2) is 0 Å². The summed E-state index contributed by atoms with van der Waals surface area (Å²) in [5.74, 6) is 0. The average molecular weight is 226 g/mol. The van der Waals surface area contributed by atoms with Gasteiger partial charge in [0.2, 0.25) is 0 Å². The molecule has 1 aliphatic heterocycles. The van der Waals surface area contributed by atoms with Crippen LogP contribution < -0.4 is 5.32 Å². The molecule has 0 aromatic rings. The van der Waals surface area contributed by atoms with Crippen molar-refractivity contribution in [3.63, 3.8) is 0 Å². The highest BCUT2D eigenvalue weighted by atomic mass is 16.5. The predicted molar refractivity (Wildman–Crippen MR) is 66.7 cm³/mol. The summed E-state index contributed by atoms with van der Waals surface area (Å²) in [7, 11) is 0. The van der Waals surface area contributed by atoms with Gasteiger partial charge in [0.25, 0.3) is 0 Å². The first-order valence-electron chi connectivity index (χ1n) is 6.70. The van der Waals surface area contributed by atoms with Gasteiger partial charge in [0.05, 0.1) is 12.7 Å². The molecular weight excluding hydrogens is 200 g/mol. The zero-order valence-corrected chi connectivity index (χ0v) is 11.0. The molecule has 0 spiro atoms. The number of ether oxygens (including phenoxy) is 1. The van der Waals surface area contributed by atoms with Gasteiger partial charge in [-0.2, -0.15) is 0 Å². The minimum atomic E-state index is 0.383. The molecule has 2 aliphatic rings. The molecule has 1 N–H and O–H groups in total. The Hall–Kier alpha value is -0.120. The quantitative estimate of drug-likeness (QED) is 0.788. The molecule has 3 heteroatoms. The monoisotopic (exact) mass is 226 g/mol. The molecule has 1 heterocycles. The van der Waals surface area contributed by atoms with Gasteiger partial charge in [-0.1, -0.05) is 0 Å². The van der Waals surface area contributed by atoms with E-state index in [1.807, 2.05) is 0 Å². The Bertz CT molecular complexity index is 226. The lowest BCUT2D eigenvalue weighted by Crippen LogP contribution is -2.55. The third kappa shape index (κ3) is 2.96. The topological polar surface area (TPSA) is 24.5 Å². The van der Waals surface area contributed by atoms with Gasteiger partial charge in [-0.15, -0.1) is 0 Å². The number of rotatable bonds is 4. The molecule has 1 saturated carbocycles. The SMILES string of the molecule is CC(C)N1CCOC(CNC2(C)CCC2)C1. The molecule has 0 aromatic heterocycles. The summed E-state index contributed by atoms with van der Waals surface area (Å²) in [6.07, 6.45) is 4.42. The zero-order valence-electron chi connectivity index (χ0n) is 11.0. The molecule has 1 aliphatic carbocycles. The summed E-state index contributed by atoms with van der Waals surface area (Å²) < 4.78 is 5.82. The first-order valence-corrected chi connectivity index (χ1v) is 6.70. The standard InChI is InChI=1S/C13H26N2O/c1-11(2)15-7-8-16-12(10-15)9-14-13(3)5-4-6-13/h11-12,14H,4-10H2,1-3H3. The van der Waals surface area contributed by atoms with E-state index in [9.17, 15) is 0 Å². The Morgan fingerprint density at radius 2 is 2.19 bits per heavy atom. The molecule has 94 valence electrons. The van der Waals surface area contributed by atoms with E-state index >= 15 is 0 Å². The van der Waals surface area contributed by atoms with Crippen molar-refractivity contribution in [1.29, 1.82) is 0 Å². The van der Waals surface area contributed by atoms with Crippen LogP contribution in [0.3, 0.4) is 0 Å². The second kappa shape index (κ2) is 5.03. The molecule has 3 nitrogen and oxygen atoms in total. The second-order valence-electron chi connectivity index (χ2n) is 5.88. The molecule has 1 atom stereocenters. The van der Waals surface area contributed by atoms with Gasteiger partial charge in [0.15, 0.2) is 0 Å². The van der Waals surface area contributed by atoms with Crippen LogP contribution in [0.1, 0.15) is 40.0 Å². The van der Waals surface area contributed by atoms with Crippen LogP contribution >= 0.6 is 0 Å². The first kappa shape index (κ1) is 12.3. The predicted octanol–water partition coefficient (Wildman–Crippen LogP) is 1.63. The van der Waals surface area contributed by atoms with Crippen molar-refractivity contribution in [2.45, 2.75) is 57.7 Å². The van der Waals surface area contributed by atoms with Gasteiger partial charge in [0, 0.05) is 31.2 Å². The van der Waals surface area contributed by atoms with Crippen LogP contribution in [-0.2, 0) is 4.74 Å². The van der Waals surface area contributed by atoms with E-state index in [2.05, 4.69) is 31.0 Å². The zero-order chi connectivity index (χ0) is 11.6. The summed E-state index contributed by atoms with van der Waals surface area (Å²) in [4.78, 5) is 2.51. The molecule has 0 aromatic carbocycles. The van der Waals surface area contributed by atoms with Gasteiger partial charge >= 0.3 is 0 Å². The van der Waals surface area contributed by atoms with Crippen molar-refractivity contribution < 1.29 is 4.74 Å². The molecule has 2 rings (SSSR count). The highest BCUT2D eigenvalue weighted by molar-refractivity contribution is 4.92. The van der Waals surface area contributed by atoms with Crippen LogP contribution in [0.5, 0.6) is 0 Å². The van der Waals surface area contributed by atoms with E-state index in [-0.39, 0.29) is 0 Å². The van der Waals surface area contributed by atoms with E-state index in [1.54, 1.807) is 0 Å². The number of nitrogens with one attached hydrogen (secondary N) is 1. The highest BCUT2D eigenvalue weighted by Crippen LogP contribution is 2.30. The van der Waals surface area contributed by atoms with E-state index < -0.39 is 0 Å². The normalized spacial score (nSPS) is 30.4. The first-order chi connectivity index (χ1) is 7.59. The summed E-state index contributed by atoms with van der Waals surface area (Å²) >= 11 is 0. The Labute approximate surface area is 99.5 Å². The van der Waals surface area contributed by atoms with Gasteiger partial charge in [0.1, 0.15) is 0 Å². The lowest BCUT2D eigenvalue weighted by atomic mass is 9.78. The van der Waals surface area contributed by atoms with Crippen LogP contribution in [0, 0.1) is 0 Å². The van der Waals surface area contributed by atoms with Crippen molar-refractivity contribution in [1.82, 2.24) is 10.2 Å². The van der Waals surface area contributed by atoms with Crippen molar-refractivity contribution in [2.24, 2.45) is 0 Å². The molecule has 0 bridgehead atoms. The van der Waals surface area contributed by atoms with Crippen LogP contribution in [0.4, 0.5) is 0 Å². The van der Waals surface area contributed by atoms with Crippen molar-refractivity contribution in [2.75, 3.05) is 26.2 Å². The Morgan fingerprint density at radius 1 is 1.44 bits per heavy atom. The highest BCUT2D eigenvalue weighted by Gasteiger charge is 2.32. The summed E-state index contributed by atoms with van der Waals surface area (Å²) in [5.41, 5.74) is 0.406. The smallest absolute Gasteiger partial charge is 0.0827 e. The molecule has 1 unspecified atom stereocenters. The van der Waals surface area contributed by atoms with E-state index in [1.165, 1.54) is 19.3 Å². The molecular formula is C13H26N2O. The second-order valence-corrected chi connectivity index (χ2v) is 5.88. The minimum Gasteiger partial charge on any atom is -0.374 e. The van der Waals surface area contributed by atoms with Crippen molar-refractivity contribution in [3.05, 3.63) is 0 Å². The molecule has 1 saturated heterocycles. The maximum absolute atomic E-state index is 5.82. The maximum atomic E-state index is 5.82. The van der Waals surface area contributed by atoms with E-state index in [4.69, 9.17) is 4.74 Å². The largest absolute Gasteiger partial charge is 0.374 e. The molecule has 0 radical (unpaired) electrons. The lowest BCUT2D eigenvalue weighted by Gasteiger charge is -2.42. The number of hydrogen-bond donors (Lipinski definition) is 1. The average Bonchev–Trinajstić information content (AvgIpc) is 2.24. The van der Waals surface area contributed by atoms with E-state index in [0.717, 1.165) is 26.2 Å². The van der Waals surface area contributed by atoms with Gasteiger partial charge in [-0.05, 0) is 40.0 Å². The van der Waals surface area contributed by atoms with E-state index in [0.29, 0.717) is 17.7 Å². The maximum Gasteiger partial charge on any atom is 0.0827 e. The fraction of sp³-hybridized carbons (Fsp3) is 1.00. The van der Waals surface area contributed by atoms with Gasteiger partial charge < -0.3 is 10.1 Å². The summed E-state index contributed by atoms with van der Waals surface area (Å²) in [6, 6.07) is 0.644. The van der Waals surface area contributed by atoms with Crippen LogP contribution in [0.25, 0.3) is 0 Å². The number of nitrogens with zero attached hydrogens (tertiary/aromatic N) is 1. The van der Waals surface area contributed by atoms with Crippen molar-refractivity contribution >= 4 is 0 Å². The molecule has 2 fully saturated rings. The van der Waals surface area contributed by atoms with Crippen LogP contribution in [0.2, 0.25) is 0 Å². The number of hydrogen-bond acceptors (Lipinski definition) is 3. The van der Waals surface area contributed by atoms with Gasteiger partial charge in [-0.3, -0.25) is 4.90 Å². The Kier molecular flexibility index (Phi) is 3.88. The lowest BCUT2D eigenvalue weighted by molar-refractivity contribution is -0.0418. The Balaban J connectivity index is 1.72. The molecule has 16 heavy (non-hydrogen) atoms. The fourth-order valence-corrected chi connectivity index (χ4v) is 2.58. The van der Waals surface area contributed by atoms with Gasteiger partial charge in [-0.25, -0.2) is 0 Å².